The molecule has 1 aliphatic rings. The lowest BCUT2D eigenvalue weighted by Crippen LogP contribution is -2.21. The van der Waals surface area contributed by atoms with Gasteiger partial charge in [0, 0.05) is 24.1 Å². The highest BCUT2D eigenvalue weighted by molar-refractivity contribution is 6.14. The predicted molar refractivity (Wildman–Crippen MR) is 138 cm³/mol. The van der Waals surface area contributed by atoms with Gasteiger partial charge in [0.2, 0.25) is 0 Å². The number of anilines is 2. The predicted octanol–water partition coefficient (Wildman–Crippen LogP) is 4.87. The molecule has 1 unspecified atom stereocenters. The van der Waals surface area contributed by atoms with E-state index in [2.05, 4.69) is 10.6 Å². The van der Waals surface area contributed by atoms with Crippen LogP contribution in [0, 0.1) is 0 Å². The van der Waals surface area contributed by atoms with Crippen molar-refractivity contribution in [1.82, 2.24) is 9.55 Å². The molecule has 0 bridgehead atoms. The normalized spacial score (nSPS) is 15.1. The minimum atomic E-state index is -0.548. The first-order valence-electron chi connectivity index (χ1n) is 12.0. The van der Waals surface area contributed by atoms with E-state index in [0.29, 0.717) is 42.0 Å². The number of esters is 1. The maximum atomic E-state index is 13.1. The van der Waals surface area contributed by atoms with Crippen molar-refractivity contribution in [2.45, 2.75) is 32.0 Å². The van der Waals surface area contributed by atoms with Gasteiger partial charge in [-0.15, -0.1) is 0 Å². The van der Waals surface area contributed by atoms with Gasteiger partial charge in [0.05, 0.1) is 37.3 Å². The Balaban J connectivity index is 1.58. The first-order valence-corrected chi connectivity index (χ1v) is 12.0. The van der Waals surface area contributed by atoms with Gasteiger partial charge in [-0.05, 0) is 36.6 Å². The average molecular weight is 485 g/mol. The number of carbonyl (C=O) groups excluding carboxylic acids is 2. The molecule has 184 valence electrons. The van der Waals surface area contributed by atoms with E-state index >= 15 is 0 Å². The zero-order chi connectivity index (χ0) is 24.9. The minimum Gasteiger partial charge on any atom is -0.464 e. The topological polar surface area (TPSA) is 94.5 Å². The molecule has 0 radical (unpaired) electrons. The molecule has 0 saturated carbocycles. The Morgan fingerprint density at radius 2 is 1.86 bits per heavy atom. The SMILES string of the molecule is COC(=O)c1c(NC(=O)c2ccccc2)c2cc(NCc3ccccc3)cnc2n1CC1CCCO1. The first-order chi connectivity index (χ1) is 17.6. The molecule has 3 heterocycles. The van der Waals surface area contributed by atoms with Crippen LogP contribution in [0.5, 0.6) is 0 Å². The second-order valence-corrected chi connectivity index (χ2v) is 8.72. The molecule has 2 N–H and O–H groups in total. The third-order valence-electron chi connectivity index (χ3n) is 6.30. The van der Waals surface area contributed by atoms with Crippen LogP contribution in [-0.2, 0) is 22.6 Å². The van der Waals surface area contributed by atoms with Gasteiger partial charge in [-0.25, -0.2) is 9.78 Å². The second kappa shape index (κ2) is 10.6. The lowest BCUT2D eigenvalue weighted by Gasteiger charge is -2.14. The van der Waals surface area contributed by atoms with Crippen LogP contribution in [0.15, 0.2) is 72.9 Å². The summed E-state index contributed by atoms with van der Waals surface area (Å²) in [5, 5.41) is 7.00. The quantitative estimate of drug-likeness (QED) is 0.347. The fourth-order valence-corrected chi connectivity index (χ4v) is 4.50. The molecule has 1 amide bonds. The van der Waals surface area contributed by atoms with E-state index < -0.39 is 5.97 Å². The van der Waals surface area contributed by atoms with Crippen LogP contribution in [0.1, 0.15) is 39.3 Å². The molecule has 5 rings (SSSR count). The molecule has 8 nitrogen and oxygen atoms in total. The number of pyridine rings is 1. The fourth-order valence-electron chi connectivity index (χ4n) is 4.50. The number of ether oxygens (including phenoxy) is 2. The molecule has 36 heavy (non-hydrogen) atoms. The smallest absolute Gasteiger partial charge is 0.356 e. The van der Waals surface area contributed by atoms with Crippen LogP contribution in [0.3, 0.4) is 0 Å². The summed E-state index contributed by atoms with van der Waals surface area (Å²) in [5.41, 5.74) is 3.59. The van der Waals surface area contributed by atoms with Crippen molar-refractivity contribution in [2.75, 3.05) is 24.4 Å². The number of carbonyl (C=O) groups is 2. The van der Waals surface area contributed by atoms with E-state index in [4.69, 9.17) is 14.5 Å². The van der Waals surface area contributed by atoms with Crippen LogP contribution in [0.2, 0.25) is 0 Å². The summed E-state index contributed by atoms with van der Waals surface area (Å²) in [6.07, 6.45) is 3.55. The lowest BCUT2D eigenvalue weighted by molar-refractivity contribution is 0.0580. The zero-order valence-electron chi connectivity index (χ0n) is 20.1. The summed E-state index contributed by atoms with van der Waals surface area (Å²) >= 11 is 0. The molecule has 1 atom stereocenters. The maximum Gasteiger partial charge on any atom is 0.356 e. The summed E-state index contributed by atoms with van der Waals surface area (Å²) in [7, 11) is 1.33. The third-order valence-corrected chi connectivity index (χ3v) is 6.30. The van der Waals surface area contributed by atoms with Gasteiger partial charge in [-0.2, -0.15) is 0 Å². The van der Waals surface area contributed by atoms with Gasteiger partial charge in [-0.1, -0.05) is 48.5 Å². The Morgan fingerprint density at radius 1 is 1.11 bits per heavy atom. The Morgan fingerprint density at radius 3 is 2.56 bits per heavy atom. The van der Waals surface area contributed by atoms with Gasteiger partial charge in [0.15, 0.2) is 5.69 Å². The van der Waals surface area contributed by atoms with Gasteiger partial charge >= 0.3 is 5.97 Å². The highest BCUT2D eigenvalue weighted by Crippen LogP contribution is 2.34. The van der Waals surface area contributed by atoms with Gasteiger partial charge < -0.3 is 24.7 Å². The van der Waals surface area contributed by atoms with E-state index in [-0.39, 0.29) is 17.7 Å². The van der Waals surface area contributed by atoms with E-state index in [9.17, 15) is 9.59 Å². The average Bonchev–Trinajstić information content (AvgIpc) is 3.54. The molecule has 1 aliphatic heterocycles. The maximum absolute atomic E-state index is 13.1. The number of rotatable bonds is 8. The molecule has 0 aliphatic carbocycles. The second-order valence-electron chi connectivity index (χ2n) is 8.72. The molecule has 0 spiro atoms. The first kappa shape index (κ1) is 23.6. The standard InChI is InChI=1S/C28H28N4O4/c1-35-28(34)25-24(31-27(33)20-11-6-3-7-12-20)23-15-21(29-16-19-9-4-2-5-10-19)17-30-26(23)32(25)18-22-13-8-14-36-22/h2-7,9-12,15,17,22,29H,8,13-14,16,18H2,1H3,(H,31,33). The van der Waals surface area contributed by atoms with E-state index in [1.807, 2.05) is 42.5 Å². The fraction of sp³-hybridized carbons (Fsp3) is 0.250. The number of aromatic nitrogens is 2. The van der Waals surface area contributed by atoms with E-state index in [0.717, 1.165) is 24.1 Å². The number of benzene rings is 2. The number of amides is 1. The number of hydrogen-bond donors (Lipinski definition) is 2. The molecule has 2 aromatic heterocycles. The van der Waals surface area contributed by atoms with Crippen LogP contribution in [0.25, 0.3) is 11.0 Å². The number of fused-ring (bicyclic) bond motifs is 1. The number of methoxy groups -OCH3 is 1. The molecular formula is C28H28N4O4. The number of nitrogens with zero attached hydrogens (tertiary/aromatic N) is 2. The Hall–Kier alpha value is -4.17. The highest BCUT2D eigenvalue weighted by Gasteiger charge is 2.29. The van der Waals surface area contributed by atoms with Crippen molar-refractivity contribution in [3.05, 3.63) is 89.7 Å². The van der Waals surface area contributed by atoms with Crippen molar-refractivity contribution >= 4 is 34.3 Å². The van der Waals surface area contributed by atoms with Crippen molar-refractivity contribution in [3.8, 4) is 0 Å². The van der Waals surface area contributed by atoms with Crippen LogP contribution in [0.4, 0.5) is 11.4 Å². The Labute approximate surface area is 209 Å². The van der Waals surface area contributed by atoms with E-state index in [1.165, 1.54) is 7.11 Å². The largest absolute Gasteiger partial charge is 0.464 e. The van der Waals surface area contributed by atoms with Crippen LogP contribution < -0.4 is 10.6 Å². The van der Waals surface area contributed by atoms with Gasteiger partial charge in [-0.3, -0.25) is 4.79 Å². The Kier molecular flexibility index (Phi) is 6.95. The summed E-state index contributed by atoms with van der Waals surface area (Å²) in [6.45, 7) is 1.74. The third kappa shape index (κ3) is 4.94. The summed E-state index contributed by atoms with van der Waals surface area (Å²) in [6, 6.07) is 20.8. The number of nitrogens with one attached hydrogen (secondary N) is 2. The molecule has 8 heteroatoms. The molecule has 4 aromatic rings. The zero-order valence-corrected chi connectivity index (χ0v) is 20.1. The molecule has 1 fully saturated rings. The Bertz CT molecular complexity index is 1360. The molecule has 2 aromatic carbocycles. The lowest BCUT2D eigenvalue weighted by atomic mass is 10.2. The van der Waals surface area contributed by atoms with Crippen molar-refractivity contribution in [2.24, 2.45) is 0 Å². The number of hydrogen-bond acceptors (Lipinski definition) is 6. The van der Waals surface area contributed by atoms with Crippen molar-refractivity contribution in [3.63, 3.8) is 0 Å². The van der Waals surface area contributed by atoms with Crippen LogP contribution in [-0.4, -0.2) is 41.2 Å². The monoisotopic (exact) mass is 484 g/mol. The van der Waals surface area contributed by atoms with E-state index in [1.54, 1.807) is 35.0 Å². The highest BCUT2D eigenvalue weighted by atomic mass is 16.5. The molecular weight excluding hydrogens is 456 g/mol. The van der Waals surface area contributed by atoms with Crippen molar-refractivity contribution in [1.29, 1.82) is 0 Å². The van der Waals surface area contributed by atoms with Gasteiger partial charge in [0.25, 0.3) is 5.91 Å². The minimum absolute atomic E-state index is 0.0423. The summed E-state index contributed by atoms with van der Waals surface area (Å²) < 4.78 is 12.8. The van der Waals surface area contributed by atoms with Gasteiger partial charge in [0.1, 0.15) is 5.65 Å². The molecule has 1 saturated heterocycles. The van der Waals surface area contributed by atoms with Crippen molar-refractivity contribution < 1.29 is 19.1 Å². The summed E-state index contributed by atoms with van der Waals surface area (Å²) in [5.74, 6) is -0.868. The summed E-state index contributed by atoms with van der Waals surface area (Å²) in [4.78, 5) is 30.9. The van der Waals surface area contributed by atoms with Crippen LogP contribution >= 0.6 is 0 Å².